The van der Waals surface area contributed by atoms with Crippen LogP contribution in [0.1, 0.15) is 38.5 Å². The molecular formula is C26H34N6O5S. The first-order valence-corrected chi connectivity index (χ1v) is 15.2. The highest BCUT2D eigenvalue weighted by molar-refractivity contribution is 7.90. The molecule has 204 valence electrons. The molecule has 1 saturated heterocycles. The number of aliphatic hydroxyl groups excluding tert-OH is 1. The van der Waals surface area contributed by atoms with Crippen LogP contribution in [0.5, 0.6) is 5.75 Å². The summed E-state index contributed by atoms with van der Waals surface area (Å²) < 4.78 is 30.3. The number of anilines is 1. The van der Waals surface area contributed by atoms with Gasteiger partial charge < -0.3 is 20.1 Å². The number of ether oxygens (including phenoxy) is 1. The van der Waals surface area contributed by atoms with Crippen molar-refractivity contribution in [1.29, 1.82) is 0 Å². The molecule has 1 aliphatic heterocycles. The Morgan fingerprint density at radius 2 is 2.00 bits per heavy atom. The van der Waals surface area contributed by atoms with Crippen LogP contribution in [0.3, 0.4) is 0 Å². The van der Waals surface area contributed by atoms with Crippen LogP contribution in [-0.2, 0) is 14.6 Å². The van der Waals surface area contributed by atoms with Crippen molar-refractivity contribution < 1.29 is 23.1 Å². The fourth-order valence-electron chi connectivity index (χ4n) is 5.24. The van der Waals surface area contributed by atoms with Crippen molar-refractivity contribution in [3.8, 4) is 11.6 Å². The van der Waals surface area contributed by atoms with Gasteiger partial charge in [0.2, 0.25) is 11.9 Å². The van der Waals surface area contributed by atoms with Crippen molar-refractivity contribution in [3.05, 3.63) is 36.7 Å². The molecule has 11 nitrogen and oxygen atoms in total. The third-order valence-corrected chi connectivity index (χ3v) is 8.26. The van der Waals surface area contributed by atoms with Gasteiger partial charge in [-0.3, -0.25) is 4.79 Å². The third-order valence-electron chi connectivity index (χ3n) is 7.23. The molecular weight excluding hydrogens is 508 g/mol. The Kier molecular flexibility index (Phi) is 7.80. The van der Waals surface area contributed by atoms with E-state index < -0.39 is 9.84 Å². The van der Waals surface area contributed by atoms with E-state index in [0.717, 1.165) is 36.6 Å². The lowest BCUT2D eigenvalue weighted by molar-refractivity contribution is -0.135. The summed E-state index contributed by atoms with van der Waals surface area (Å²) in [4.78, 5) is 23.6. The van der Waals surface area contributed by atoms with E-state index in [1.807, 2.05) is 18.2 Å². The molecule has 2 aliphatic rings. The Bertz CT molecular complexity index is 1390. The van der Waals surface area contributed by atoms with Crippen molar-refractivity contribution >= 4 is 32.6 Å². The van der Waals surface area contributed by atoms with Gasteiger partial charge in [0.1, 0.15) is 15.6 Å². The van der Waals surface area contributed by atoms with Crippen molar-refractivity contribution in [1.82, 2.24) is 24.6 Å². The predicted molar refractivity (Wildman–Crippen MR) is 143 cm³/mol. The Morgan fingerprint density at radius 1 is 1.18 bits per heavy atom. The first kappa shape index (κ1) is 26.4. The molecule has 3 aromatic rings. The summed E-state index contributed by atoms with van der Waals surface area (Å²) in [5, 5.41) is 18.5. The maximum absolute atomic E-state index is 12.8. The first-order chi connectivity index (χ1) is 18.3. The topological polar surface area (TPSA) is 140 Å². The van der Waals surface area contributed by atoms with E-state index in [1.165, 1.54) is 6.26 Å². The number of rotatable bonds is 9. The van der Waals surface area contributed by atoms with Crippen molar-refractivity contribution in [3.63, 3.8) is 0 Å². The van der Waals surface area contributed by atoms with Crippen molar-refractivity contribution in [2.24, 2.45) is 5.92 Å². The molecule has 1 aromatic carbocycles. The summed E-state index contributed by atoms with van der Waals surface area (Å²) >= 11 is 0. The van der Waals surface area contributed by atoms with E-state index in [1.54, 1.807) is 28.0 Å². The molecule has 1 saturated carbocycles. The summed E-state index contributed by atoms with van der Waals surface area (Å²) in [7, 11) is -3.02. The molecule has 2 N–H and O–H groups in total. The number of nitrogens with zero attached hydrogens (tertiary/aromatic N) is 5. The number of fused-ring (bicyclic) bond motifs is 1. The first-order valence-electron chi connectivity index (χ1n) is 13.1. The summed E-state index contributed by atoms with van der Waals surface area (Å²) in [6.07, 6.45) is 8.64. The average molecular weight is 543 g/mol. The van der Waals surface area contributed by atoms with Crippen LogP contribution in [0, 0.1) is 5.92 Å². The second-order valence-electron chi connectivity index (χ2n) is 10.2. The van der Waals surface area contributed by atoms with Gasteiger partial charge in [-0.2, -0.15) is 10.1 Å². The highest BCUT2D eigenvalue weighted by Gasteiger charge is 2.33. The molecule has 3 heterocycles. The zero-order valence-corrected chi connectivity index (χ0v) is 22.3. The minimum atomic E-state index is -3.02. The Morgan fingerprint density at radius 3 is 2.74 bits per heavy atom. The molecule has 0 unspecified atom stereocenters. The number of carbonyl (C=O) groups is 1. The van der Waals surface area contributed by atoms with E-state index in [-0.39, 0.29) is 29.7 Å². The molecule has 2 aromatic heterocycles. The summed E-state index contributed by atoms with van der Waals surface area (Å²) in [5.41, 5.74) is 0.821. The van der Waals surface area contributed by atoms with E-state index in [2.05, 4.69) is 20.4 Å². The minimum Gasteiger partial charge on any atom is -0.493 e. The monoisotopic (exact) mass is 542 g/mol. The SMILES string of the molecule is CS(=O)(=O)CCCOc1cccc2c1cnn2-c1ccnc(NC2CCC(C(=O)N3CC[C@H](O)C3)CC2)n1. The van der Waals surface area contributed by atoms with Gasteiger partial charge in [0.15, 0.2) is 5.82 Å². The standard InChI is InChI=1S/C26H34N6O5S/c1-38(35,36)15-3-14-37-23-5-2-4-22-21(23)16-28-32(22)24-10-12-27-26(30-24)29-19-8-6-18(7-9-19)25(34)31-13-11-20(33)17-31/h2,4-5,10,12,16,18-20,33H,3,6-9,11,13-15,17H2,1H3,(H,27,29,30)/t18?,19?,20-/m0/s1. The third kappa shape index (κ3) is 6.24. The van der Waals surface area contributed by atoms with Crippen molar-refractivity contribution in [2.45, 2.75) is 50.7 Å². The number of aliphatic hydroxyl groups is 1. The van der Waals surface area contributed by atoms with Gasteiger partial charge in [-0.1, -0.05) is 6.07 Å². The molecule has 5 rings (SSSR count). The maximum Gasteiger partial charge on any atom is 0.225 e. The fraction of sp³-hybridized carbons (Fsp3) is 0.538. The highest BCUT2D eigenvalue weighted by Crippen LogP contribution is 2.30. The number of aromatic nitrogens is 4. The van der Waals surface area contributed by atoms with Crippen LogP contribution in [0.25, 0.3) is 16.7 Å². The van der Waals surface area contributed by atoms with Gasteiger partial charge in [0.25, 0.3) is 0 Å². The van der Waals surface area contributed by atoms with Crippen molar-refractivity contribution in [2.75, 3.05) is 37.0 Å². The number of amides is 1. The molecule has 1 amide bonds. The summed E-state index contributed by atoms with van der Waals surface area (Å²) in [5.74, 6) is 2.04. The van der Waals surface area contributed by atoms with E-state index >= 15 is 0 Å². The smallest absolute Gasteiger partial charge is 0.225 e. The summed E-state index contributed by atoms with van der Waals surface area (Å²) in [6, 6.07) is 7.61. The molecule has 0 radical (unpaired) electrons. The zero-order chi connectivity index (χ0) is 26.7. The number of carbonyl (C=O) groups excluding carboxylic acids is 1. The Hall–Kier alpha value is -3.25. The lowest BCUT2D eigenvalue weighted by atomic mass is 9.85. The van der Waals surface area contributed by atoms with E-state index in [4.69, 9.17) is 4.74 Å². The predicted octanol–water partition coefficient (Wildman–Crippen LogP) is 2.19. The Balaban J connectivity index is 1.21. The number of sulfone groups is 1. The molecule has 38 heavy (non-hydrogen) atoms. The quantitative estimate of drug-likeness (QED) is 0.390. The van der Waals surface area contributed by atoms with Gasteiger partial charge in [-0.15, -0.1) is 0 Å². The molecule has 0 bridgehead atoms. The molecule has 1 atom stereocenters. The maximum atomic E-state index is 12.8. The van der Waals surface area contributed by atoms with Crippen LogP contribution >= 0.6 is 0 Å². The van der Waals surface area contributed by atoms with E-state index in [0.29, 0.717) is 50.1 Å². The number of benzene rings is 1. The zero-order valence-electron chi connectivity index (χ0n) is 21.5. The lowest BCUT2D eigenvalue weighted by Gasteiger charge is -2.30. The molecule has 12 heteroatoms. The average Bonchev–Trinajstić information content (AvgIpc) is 3.53. The van der Waals surface area contributed by atoms with Crippen LogP contribution in [-0.4, -0.2) is 87.9 Å². The van der Waals surface area contributed by atoms with E-state index in [9.17, 15) is 18.3 Å². The lowest BCUT2D eigenvalue weighted by Crippen LogP contribution is -2.38. The largest absolute Gasteiger partial charge is 0.493 e. The summed E-state index contributed by atoms with van der Waals surface area (Å²) in [6.45, 7) is 1.40. The van der Waals surface area contributed by atoms with Gasteiger partial charge in [-0.05, 0) is 50.7 Å². The second kappa shape index (κ2) is 11.2. The van der Waals surface area contributed by atoms with Gasteiger partial charge >= 0.3 is 0 Å². The number of likely N-dealkylation sites (tertiary alicyclic amines) is 1. The normalized spacial score (nSPS) is 22.1. The van der Waals surface area contributed by atoms with Gasteiger partial charge in [0, 0.05) is 43.6 Å². The molecule has 2 fully saturated rings. The van der Waals surface area contributed by atoms with Crippen LogP contribution < -0.4 is 10.1 Å². The fourth-order valence-corrected chi connectivity index (χ4v) is 5.88. The number of nitrogens with one attached hydrogen (secondary N) is 1. The number of hydrogen-bond donors (Lipinski definition) is 2. The molecule has 1 aliphatic carbocycles. The molecule has 0 spiro atoms. The number of β-amino-alcohol motifs (C(OH)–C–C–N with tert-alkyl or cyclic N) is 1. The second-order valence-corrected chi connectivity index (χ2v) is 12.5. The van der Waals surface area contributed by atoms with Gasteiger partial charge in [0.05, 0.1) is 35.6 Å². The van der Waals surface area contributed by atoms with Crippen LogP contribution in [0.15, 0.2) is 36.7 Å². The van der Waals surface area contributed by atoms with Gasteiger partial charge in [-0.25, -0.2) is 18.1 Å². The van der Waals surface area contributed by atoms with Crippen LogP contribution in [0.4, 0.5) is 5.95 Å². The Labute approximate surface area is 222 Å². The highest BCUT2D eigenvalue weighted by atomic mass is 32.2. The van der Waals surface area contributed by atoms with Crippen LogP contribution in [0.2, 0.25) is 0 Å². The number of hydrogen-bond acceptors (Lipinski definition) is 9. The minimum absolute atomic E-state index is 0.0174.